The summed E-state index contributed by atoms with van der Waals surface area (Å²) >= 11 is 5.61. The summed E-state index contributed by atoms with van der Waals surface area (Å²) in [6.07, 6.45) is 3.78. The molecule has 1 aromatic carbocycles. The minimum atomic E-state index is 0.822. The van der Waals surface area contributed by atoms with E-state index in [2.05, 4.69) is 23.5 Å². The van der Waals surface area contributed by atoms with E-state index in [1.807, 2.05) is 6.92 Å². The monoisotopic (exact) mass is 221 g/mol. The van der Waals surface area contributed by atoms with Crippen molar-refractivity contribution in [2.45, 2.75) is 26.2 Å². The van der Waals surface area contributed by atoms with Gasteiger partial charge in [0, 0.05) is 17.8 Å². The Labute approximate surface area is 96.1 Å². The van der Waals surface area contributed by atoms with Crippen LogP contribution in [0, 0.1) is 0 Å². The normalized spacial score (nSPS) is 15.2. The summed E-state index contributed by atoms with van der Waals surface area (Å²) in [6, 6.07) is 6.67. The zero-order valence-corrected chi connectivity index (χ0v) is 9.77. The number of rotatable bonds is 3. The first-order valence-electron chi connectivity index (χ1n) is 5.41. The Balaban J connectivity index is 2.04. The van der Waals surface area contributed by atoms with Crippen molar-refractivity contribution in [3.63, 3.8) is 0 Å². The standard InChI is InChI=1S/C13H16ClN/c1-10(8-14)9-15-13-6-5-11-3-2-4-12(11)7-13/h5-8,15H,2-4,9H2,1H3/b10-8-. The van der Waals surface area contributed by atoms with Gasteiger partial charge in [0.1, 0.15) is 0 Å². The second kappa shape index (κ2) is 4.71. The first kappa shape index (κ1) is 10.6. The van der Waals surface area contributed by atoms with Crippen LogP contribution in [0.15, 0.2) is 29.3 Å². The van der Waals surface area contributed by atoms with Crippen molar-refractivity contribution < 1.29 is 0 Å². The highest BCUT2D eigenvalue weighted by Gasteiger charge is 2.10. The topological polar surface area (TPSA) is 12.0 Å². The fourth-order valence-corrected chi connectivity index (χ4v) is 2.04. The zero-order valence-electron chi connectivity index (χ0n) is 9.02. The van der Waals surface area contributed by atoms with E-state index in [0.717, 1.165) is 12.1 Å². The van der Waals surface area contributed by atoms with Crippen LogP contribution in [-0.2, 0) is 12.8 Å². The zero-order chi connectivity index (χ0) is 10.7. The molecule has 0 aliphatic heterocycles. The molecule has 0 atom stereocenters. The van der Waals surface area contributed by atoms with Crippen LogP contribution in [0.5, 0.6) is 0 Å². The first-order chi connectivity index (χ1) is 7.29. The quantitative estimate of drug-likeness (QED) is 0.820. The number of hydrogen-bond donors (Lipinski definition) is 1. The molecule has 0 saturated heterocycles. The van der Waals surface area contributed by atoms with Crippen molar-refractivity contribution in [2.75, 3.05) is 11.9 Å². The molecule has 0 saturated carbocycles. The minimum Gasteiger partial charge on any atom is -0.381 e. The predicted molar refractivity (Wildman–Crippen MR) is 66.6 cm³/mol. The summed E-state index contributed by atoms with van der Waals surface area (Å²) < 4.78 is 0. The SMILES string of the molecule is C/C(=C/Cl)CNc1ccc2c(c1)CCC2. The second-order valence-electron chi connectivity index (χ2n) is 4.15. The van der Waals surface area contributed by atoms with Gasteiger partial charge in [0.05, 0.1) is 0 Å². The number of anilines is 1. The van der Waals surface area contributed by atoms with Crippen molar-refractivity contribution >= 4 is 17.3 Å². The Hall–Kier alpha value is -0.950. The number of aryl methyl sites for hydroxylation is 2. The van der Waals surface area contributed by atoms with Gasteiger partial charge < -0.3 is 5.32 Å². The van der Waals surface area contributed by atoms with E-state index in [1.165, 1.54) is 36.1 Å². The van der Waals surface area contributed by atoms with E-state index in [1.54, 1.807) is 5.54 Å². The van der Waals surface area contributed by atoms with E-state index in [9.17, 15) is 0 Å². The molecule has 1 aliphatic carbocycles. The number of benzene rings is 1. The van der Waals surface area contributed by atoms with Gasteiger partial charge in [-0.25, -0.2) is 0 Å². The summed E-state index contributed by atoms with van der Waals surface area (Å²) in [5.74, 6) is 0. The van der Waals surface area contributed by atoms with Crippen LogP contribution in [-0.4, -0.2) is 6.54 Å². The molecule has 2 rings (SSSR count). The van der Waals surface area contributed by atoms with Gasteiger partial charge >= 0.3 is 0 Å². The van der Waals surface area contributed by atoms with Gasteiger partial charge in [0.2, 0.25) is 0 Å². The molecule has 0 amide bonds. The van der Waals surface area contributed by atoms with Crippen LogP contribution in [0.3, 0.4) is 0 Å². The second-order valence-corrected chi connectivity index (χ2v) is 4.36. The maximum atomic E-state index is 5.61. The highest BCUT2D eigenvalue weighted by atomic mass is 35.5. The summed E-state index contributed by atoms with van der Waals surface area (Å²) in [6.45, 7) is 2.84. The Morgan fingerprint density at radius 3 is 3.00 bits per heavy atom. The van der Waals surface area contributed by atoms with Gasteiger partial charge in [0.15, 0.2) is 0 Å². The van der Waals surface area contributed by atoms with Gasteiger partial charge in [-0.2, -0.15) is 0 Å². The van der Waals surface area contributed by atoms with Gasteiger partial charge in [0.25, 0.3) is 0 Å². The molecular weight excluding hydrogens is 206 g/mol. The van der Waals surface area contributed by atoms with Gasteiger partial charge in [-0.15, -0.1) is 0 Å². The molecule has 1 nitrogen and oxygen atoms in total. The average molecular weight is 222 g/mol. The largest absolute Gasteiger partial charge is 0.381 e. The predicted octanol–water partition coefficient (Wildman–Crippen LogP) is 3.73. The maximum Gasteiger partial charge on any atom is 0.0369 e. The summed E-state index contributed by atoms with van der Waals surface area (Å²) in [4.78, 5) is 0. The van der Waals surface area contributed by atoms with Gasteiger partial charge in [-0.05, 0) is 55.0 Å². The first-order valence-corrected chi connectivity index (χ1v) is 5.85. The van der Waals surface area contributed by atoms with Crippen LogP contribution in [0.2, 0.25) is 0 Å². The van der Waals surface area contributed by atoms with Gasteiger partial charge in [-0.3, -0.25) is 0 Å². The molecule has 80 valence electrons. The van der Waals surface area contributed by atoms with Crippen molar-refractivity contribution in [3.8, 4) is 0 Å². The molecule has 1 aromatic rings. The third-order valence-electron chi connectivity index (χ3n) is 2.86. The van der Waals surface area contributed by atoms with Crippen LogP contribution in [0.25, 0.3) is 0 Å². The third kappa shape index (κ3) is 2.54. The molecular formula is C13H16ClN. The van der Waals surface area contributed by atoms with Crippen molar-refractivity contribution in [2.24, 2.45) is 0 Å². The van der Waals surface area contributed by atoms with E-state index < -0.39 is 0 Å². The molecule has 1 N–H and O–H groups in total. The van der Waals surface area contributed by atoms with Crippen LogP contribution < -0.4 is 5.32 Å². The Morgan fingerprint density at radius 2 is 2.20 bits per heavy atom. The van der Waals surface area contributed by atoms with Crippen LogP contribution in [0.4, 0.5) is 5.69 Å². The third-order valence-corrected chi connectivity index (χ3v) is 3.23. The van der Waals surface area contributed by atoms with E-state index in [4.69, 9.17) is 11.6 Å². The lowest BCUT2D eigenvalue weighted by Gasteiger charge is -2.08. The molecule has 0 unspecified atom stereocenters. The molecule has 0 fully saturated rings. The van der Waals surface area contributed by atoms with Crippen molar-refractivity contribution in [3.05, 3.63) is 40.4 Å². The fourth-order valence-electron chi connectivity index (χ4n) is 1.96. The maximum absolute atomic E-state index is 5.61. The Bertz CT molecular complexity index is 382. The number of fused-ring (bicyclic) bond motifs is 1. The van der Waals surface area contributed by atoms with E-state index >= 15 is 0 Å². The van der Waals surface area contributed by atoms with Gasteiger partial charge in [-0.1, -0.05) is 17.7 Å². The lowest BCUT2D eigenvalue weighted by Crippen LogP contribution is -2.02. The molecule has 0 aromatic heterocycles. The number of halogens is 1. The molecule has 15 heavy (non-hydrogen) atoms. The molecule has 0 spiro atoms. The smallest absolute Gasteiger partial charge is 0.0369 e. The molecule has 1 aliphatic rings. The Morgan fingerprint density at radius 1 is 1.40 bits per heavy atom. The van der Waals surface area contributed by atoms with Crippen LogP contribution in [0.1, 0.15) is 24.5 Å². The highest BCUT2D eigenvalue weighted by Crippen LogP contribution is 2.24. The molecule has 0 bridgehead atoms. The van der Waals surface area contributed by atoms with Crippen molar-refractivity contribution in [1.82, 2.24) is 0 Å². The summed E-state index contributed by atoms with van der Waals surface area (Å²) in [7, 11) is 0. The average Bonchev–Trinajstić information content (AvgIpc) is 2.72. The Kier molecular flexibility index (Phi) is 3.32. The molecule has 0 radical (unpaired) electrons. The van der Waals surface area contributed by atoms with Crippen LogP contribution >= 0.6 is 11.6 Å². The minimum absolute atomic E-state index is 0.822. The lowest BCUT2D eigenvalue weighted by molar-refractivity contribution is 0.912. The summed E-state index contributed by atoms with van der Waals surface area (Å²) in [5, 5.41) is 3.37. The number of nitrogens with one attached hydrogen (secondary N) is 1. The van der Waals surface area contributed by atoms with Crippen molar-refractivity contribution in [1.29, 1.82) is 0 Å². The lowest BCUT2D eigenvalue weighted by atomic mass is 10.1. The highest BCUT2D eigenvalue weighted by molar-refractivity contribution is 6.25. The molecule has 2 heteroatoms. The fraction of sp³-hybridized carbons (Fsp3) is 0.385. The number of hydrogen-bond acceptors (Lipinski definition) is 1. The summed E-state index contributed by atoms with van der Waals surface area (Å²) in [5.41, 5.74) is 7.00. The van der Waals surface area contributed by atoms with E-state index in [0.29, 0.717) is 0 Å². The molecule has 0 heterocycles. The van der Waals surface area contributed by atoms with E-state index in [-0.39, 0.29) is 0 Å².